The first kappa shape index (κ1) is 14.6. The van der Waals surface area contributed by atoms with E-state index in [1.54, 1.807) is 0 Å². The van der Waals surface area contributed by atoms with Gasteiger partial charge in [0.25, 0.3) is 5.56 Å². The Balaban J connectivity index is 1.86. The molecule has 0 aliphatic carbocycles. The molecule has 1 aromatic heterocycles. The number of H-pyrrole nitrogens is 1. The summed E-state index contributed by atoms with van der Waals surface area (Å²) in [6.45, 7) is 5.02. The summed E-state index contributed by atoms with van der Waals surface area (Å²) in [6, 6.07) is 0. The molecule has 0 atom stereocenters. The number of anilines is 2. The van der Waals surface area contributed by atoms with Crippen LogP contribution in [-0.2, 0) is 11.8 Å². The third kappa shape index (κ3) is 3.40. The molecule has 1 aliphatic heterocycles. The third-order valence-corrected chi connectivity index (χ3v) is 3.43. The van der Waals surface area contributed by atoms with Crippen molar-refractivity contribution in [2.45, 2.75) is 6.42 Å². The van der Waals surface area contributed by atoms with Crippen LogP contribution < -0.4 is 22.3 Å². The summed E-state index contributed by atoms with van der Waals surface area (Å²) in [6.07, 6.45) is 0.891. The van der Waals surface area contributed by atoms with E-state index in [2.05, 4.69) is 15.2 Å². The summed E-state index contributed by atoms with van der Waals surface area (Å²) in [5, 5.41) is 3.00. The molecule has 1 aromatic rings. The number of hydrogen-bond donors (Lipinski definition) is 3. The van der Waals surface area contributed by atoms with Gasteiger partial charge in [-0.15, -0.1) is 0 Å². The second-order valence-corrected chi connectivity index (χ2v) is 4.81. The fraction of sp³-hybridized carbons (Fsp3) is 0.667. The molecule has 1 fully saturated rings. The van der Waals surface area contributed by atoms with Crippen LogP contribution in [0.5, 0.6) is 0 Å². The first-order valence-electron chi connectivity index (χ1n) is 6.72. The van der Waals surface area contributed by atoms with Gasteiger partial charge in [0.1, 0.15) is 11.5 Å². The van der Waals surface area contributed by atoms with E-state index in [9.17, 15) is 9.59 Å². The first-order chi connectivity index (χ1) is 9.59. The third-order valence-electron chi connectivity index (χ3n) is 3.43. The molecule has 112 valence electrons. The van der Waals surface area contributed by atoms with Gasteiger partial charge < -0.3 is 15.8 Å². The van der Waals surface area contributed by atoms with Crippen LogP contribution in [-0.4, -0.2) is 53.8 Å². The molecule has 0 radical (unpaired) electrons. The normalized spacial score (nSPS) is 16.2. The molecule has 2 heterocycles. The Bertz CT molecular complexity index is 559. The number of ether oxygens (including phenoxy) is 1. The van der Waals surface area contributed by atoms with Gasteiger partial charge in [-0.25, -0.2) is 4.79 Å². The molecule has 8 heteroatoms. The van der Waals surface area contributed by atoms with Crippen molar-refractivity contribution in [1.82, 2.24) is 14.5 Å². The number of nitrogens with one attached hydrogen (secondary N) is 2. The highest BCUT2D eigenvalue weighted by atomic mass is 16.5. The van der Waals surface area contributed by atoms with E-state index >= 15 is 0 Å². The second-order valence-electron chi connectivity index (χ2n) is 4.81. The summed E-state index contributed by atoms with van der Waals surface area (Å²) >= 11 is 0. The minimum Gasteiger partial charge on any atom is -0.383 e. The van der Waals surface area contributed by atoms with E-state index in [1.807, 2.05) is 0 Å². The average Bonchev–Trinajstić information content (AvgIpc) is 2.45. The summed E-state index contributed by atoms with van der Waals surface area (Å²) in [7, 11) is 1.52. The van der Waals surface area contributed by atoms with Gasteiger partial charge in [0, 0.05) is 26.7 Å². The molecule has 4 N–H and O–H groups in total. The molecule has 2 rings (SSSR count). The second kappa shape index (κ2) is 6.58. The zero-order valence-electron chi connectivity index (χ0n) is 11.6. The van der Waals surface area contributed by atoms with Crippen molar-refractivity contribution in [2.75, 3.05) is 50.4 Å². The molecule has 0 amide bonds. The van der Waals surface area contributed by atoms with Gasteiger partial charge in [0.05, 0.1) is 13.2 Å². The molecular formula is C12H21N5O3. The molecule has 0 unspecified atom stereocenters. The quantitative estimate of drug-likeness (QED) is 0.586. The Hall–Kier alpha value is -1.80. The van der Waals surface area contributed by atoms with Crippen LogP contribution >= 0.6 is 0 Å². The Labute approximate surface area is 116 Å². The molecule has 0 aromatic carbocycles. The first-order valence-corrected chi connectivity index (χ1v) is 6.72. The number of morpholine rings is 1. The van der Waals surface area contributed by atoms with Crippen molar-refractivity contribution in [2.24, 2.45) is 7.05 Å². The Kier molecular flexibility index (Phi) is 4.80. The summed E-state index contributed by atoms with van der Waals surface area (Å²) < 4.78 is 6.49. The van der Waals surface area contributed by atoms with E-state index < -0.39 is 11.2 Å². The Morgan fingerprint density at radius 2 is 2.05 bits per heavy atom. The van der Waals surface area contributed by atoms with Gasteiger partial charge in [-0.2, -0.15) is 0 Å². The van der Waals surface area contributed by atoms with Crippen LogP contribution in [0.4, 0.5) is 11.5 Å². The number of nitrogen functional groups attached to an aromatic ring is 1. The van der Waals surface area contributed by atoms with Crippen molar-refractivity contribution in [1.29, 1.82) is 0 Å². The number of nitrogens with two attached hydrogens (primary N) is 1. The Morgan fingerprint density at radius 1 is 1.35 bits per heavy atom. The van der Waals surface area contributed by atoms with Gasteiger partial charge in [0.15, 0.2) is 0 Å². The maximum Gasteiger partial charge on any atom is 0.329 e. The fourth-order valence-corrected chi connectivity index (χ4v) is 2.15. The predicted octanol–water partition coefficient (Wildman–Crippen LogP) is -1.21. The molecule has 0 bridgehead atoms. The largest absolute Gasteiger partial charge is 0.383 e. The molecule has 20 heavy (non-hydrogen) atoms. The lowest BCUT2D eigenvalue weighted by atomic mass is 10.3. The highest BCUT2D eigenvalue weighted by Crippen LogP contribution is 2.08. The van der Waals surface area contributed by atoms with E-state index in [0.717, 1.165) is 39.3 Å². The number of aromatic amines is 1. The minimum atomic E-state index is -0.508. The highest BCUT2D eigenvalue weighted by Gasteiger charge is 2.11. The lowest BCUT2D eigenvalue weighted by Gasteiger charge is -2.26. The fourth-order valence-electron chi connectivity index (χ4n) is 2.15. The van der Waals surface area contributed by atoms with Crippen LogP contribution in [0.2, 0.25) is 0 Å². The molecule has 1 saturated heterocycles. The van der Waals surface area contributed by atoms with Crippen molar-refractivity contribution in [3.8, 4) is 0 Å². The average molecular weight is 283 g/mol. The molecule has 0 saturated carbocycles. The zero-order valence-corrected chi connectivity index (χ0v) is 11.6. The lowest BCUT2D eigenvalue weighted by Crippen LogP contribution is -2.37. The van der Waals surface area contributed by atoms with Crippen LogP contribution in [0.1, 0.15) is 6.42 Å². The molecule has 0 spiro atoms. The molecule has 8 nitrogen and oxygen atoms in total. The maximum absolute atomic E-state index is 11.7. The van der Waals surface area contributed by atoms with E-state index in [1.165, 1.54) is 11.6 Å². The Morgan fingerprint density at radius 3 is 2.75 bits per heavy atom. The van der Waals surface area contributed by atoms with Crippen LogP contribution in [0.15, 0.2) is 9.59 Å². The molecular weight excluding hydrogens is 262 g/mol. The van der Waals surface area contributed by atoms with Crippen molar-refractivity contribution in [3.05, 3.63) is 20.8 Å². The van der Waals surface area contributed by atoms with Crippen molar-refractivity contribution in [3.63, 3.8) is 0 Å². The van der Waals surface area contributed by atoms with Gasteiger partial charge >= 0.3 is 5.69 Å². The topological polar surface area (TPSA) is 105 Å². The molecule has 1 aliphatic rings. The van der Waals surface area contributed by atoms with Gasteiger partial charge in [-0.3, -0.25) is 19.2 Å². The lowest BCUT2D eigenvalue weighted by molar-refractivity contribution is 0.0378. The summed E-state index contributed by atoms with van der Waals surface area (Å²) in [5.41, 5.74) is 5.04. The van der Waals surface area contributed by atoms with E-state index in [-0.39, 0.29) is 11.5 Å². The van der Waals surface area contributed by atoms with Crippen LogP contribution in [0, 0.1) is 0 Å². The highest BCUT2D eigenvalue weighted by molar-refractivity contribution is 5.60. The monoisotopic (exact) mass is 283 g/mol. The summed E-state index contributed by atoms with van der Waals surface area (Å²) in [5.74, 6) is 0.158. The number of rotatable bonds is 5. The van der Waals surface area contributed by atoms with Gasteiger partial charge in [-0.05, 0) is 13.0 Å². The number of hydrogen-bond acceptors (Lipinski definition) is 6. The number of nitrogens with zero attached hydrogens (tertiary/aromatic N) is 2. The van der Waals surface area contributed by atoms with Crippen molar-refractivity contribution < 1.29 is 4.74 Å². The van der Waals surface area contributed by atoms with Crippen LogP contribution in [0.3, 0.4) is 0 Å². The van der Waals surface area contributed by atoms with E-state index in [4.69, 9.17) is 10.5 Å². The van der Waals surface area contributed by atoms with Gasteiger partial charge in [-0.1, -0.05) is 0 Å². The zero-order chi connectivity index (χ0) is 14.5. The standard InChI is InChI=1S/C12H21N5O3/c1-16-10(13)9(11(18)15-12(16)19)14-3-2-4-17-5-7-20-8-6-17/h14H,2-8,13H2,1H3,(H,15,18,19). The predicted molar refractivity (Wildman–Crippen MR) is 77.1 cm³/mol. The minimum absolute atomic E-state index is 0.158. The number of aromatic nitrogens is 2. The van der Waals surface area contributed by atoms with Crippen molar-refractivity contribution >= 4 is 11.5 Å². The summed E-state index contributed by atoms with van der Waals surface area (Å²) in [4.78, 5) is 27.5. The maximum atomic E-state index is 11.7. The SMILES string of the molecule is Cn1c(N)c(NCCCN2CCOCC2)c(=O)[nH]c1=O. The van der Waals surface area contributed by atoms with Gasteiger partial charge in [0.2, 0.25) is 0 Å². The smallest absolute Gasteiger partial charge is 0.329 e. The van der Waals surface area contributed by atoms with Crippen LogP contribution in [0.25, 0.3) is 0 Å². The van der Waals surface area contributed by atoms with E-state index in [0.29, 0.717) is 6.54 Å².